The molecule has 0 fully saturated rings. The van der Waals surface area contributed by atoms with E-state index in [1.807, 2.05) is 6.92 Å². The zero-order valence-electron chi connectivity index (χ0n) is 10.7. The Bertz CT molecular complexity index is 790. The molecule has 1 aromatic carbocycles. The lowest BCUT2D eigenvalue weighted by atomic mass is 9.74. The summed E-state index contributed by atoms with van der Waals surface area (Å²) in [6, 6.07) is 6.51. The maximum Gasteiger partial charge on any atom is 0.140 e. The fourth-order valence-electron chi connectivity index (χ4n) is 3.33. The Morgan fingerprint density at radius 3 is 3.00 bits per heavy atom. The Hall–Kier alpha value is -1.35. The van der Waals surface area contributed by atoms with Gasteiger partial charge in [-0.15, -0.1) is 0 Å². The van der Waals surface area contributed by atoms with Crippen LogP contribution in [0.3, 0.4) is 0 Å². The quantitative estimate of drug-likeness (QED) is 0.746. The summed E-state index contributed by atoms with van der Waals surface area (Å²) in [7, 11) is 0. The number of hydrogen-bond donors (Lipinski definition) is 0. The van der Waals surface area contributed by atoms with Crippen LogP contribution in [0.25, 0.3) is 12.2 Å². The zero-order valence-corrected chi connectivity index (χ0v) is 12.3. The van der Waals surface area contributed by atoms with Crippen LogP contribution in [-0.4, -0.2) is 5.16 Å². The van der Waals surface area contributed by atoms with Gasteiger partial charge in [-0.05, 0) is 42.3 Å². The number of aryl methyl sites for hydroxylation is 2. The van der Waals surface area contributed by atoms with Gasteiger partial charge in [0, 0.05) is 21.9 Å². The van der Waals surface area contributed by atoms with Crippen molar-refractivity contribution < 1.29 is 4.52 Å². The number of rotatable bonds is 0. The molecular formula is C16H14BrNO. The van der Waals surface area contributed by atoms with Crippen LogP contribution in [-0.2, 0) is 12.8 Å². The smallest absolute Gasteiger partial charge is 0.140 e. The van der Waals surface area contributed by atoms with Gasteiger partial charge in [-0.1, -0.05) is 39.3 Å². The fourth-order valence-corrected chi connectivity index (χ4v) is 3.71. The molecule has 0 bridgehead atoms. The number of benzene rings is 1. The van der Waals surface area contributed by atoms with Crippen molar-refractivity contribution in [2.24, 2.45) is 5.41 Å². The van der Waals surface area contributed by atoms with Crippen molar-refractivity contribution >= 4 is 28.1 Å². The van der Waals surface area contributed by atoms with Gasteiger partial charge in [0.1, 0.15) is 5.76 Å². The summed E-state index contributed by atoms with van der Waals surface area (Å²) >= 11 is 3.55. The third-order valence-corrected chi connectivity index (χ3v) is 4.82. The lowest BCUT2D eigenvalue weighted by molar-refractivity contribution is 0.350. The Kier molecular flexibility index (Phi) is 2.31. The molecule has 1 atom stereocenters. The molecule has 0 aliphatic heterocycles. The number of aromatic nitrogens is 1. The third-order valence-electron chi connectivity index (χ3n) is 4.32. The van der Waals surface area contributed by atoms with Gasteiger partial charge in [0.25, 0.3) is 0 Å². The average Bonchev–Trinajstić information content (AvgIpc) is 2.91. The number of halogens is 1. The highest BCUT2D eigenvalue weighted by Gasteiger charge is 2.35. The summed E-state index contributed by atoms with van der Waals surface area (Å²) in [4.78, 5) is 0. The van der Waals surface area contributed by atoms with Crippen LogP contribution >= 0.6 is 15.9 Å². The maximum absolute atomic E-state index is 5.40. The molecule has 4 rings (SSSR count). The Morgan fingerprint density at radius 1 is 1.26 bits per heavy atom. The molecule has 2 nitrogen and oxygen atoms in total. The van der Waals surface area contributed by atoms with Crippen LogP contribution in [0, 0.1) is 12.3 Å². The first-order valence-corrected chi connectivity index (χ1v) is 7.40. The Balaban J connectivity index is 1.85. The summed E-state index contributed by atoms with van der Waals surface area (Å²) in [5, 5.41) is 6.79. The molecule has 19 heavy (non-hydrogen) atoms. The summed E-state index contributed by atoms with van der Waals surface area (Å²) in [5.74, 6) is 1.09. The molecule has 0 radical (unpaired) electrons. The van der Waals surface area contributed by atoms with Crippen LogP contribution in [0.2, 0.25) is 0 Å². The molecule has 0 N–H and O–H groups in total. The van der Waals surface area contributed by atoms with Crippen LogP contribution in [0.4, 0.5) is 0 Å². The molecule has 2 aliphatic rings. The summed E-state index contributed by atoms with van der Waals surface area (Å²) in [5.41, 5.74) is 2.52. The first-order valence-electron chi connectivity index (χ1n) is 6.61. The monoisotopic (exact) mass is 315 g/mol. The van der Waals surface area contributed by atoms with Crippen LogP contribution in [0.15, 0.2) is 27.2 Å². The van der Waals surface area contributed by atoms with Gasteiger partial charge in [0.2, 0.25) is 0 Å². The van der Waals surface area contributed by atoms with E-state index in [0.29, 0.717) is 0 Å². The van der Waals surface area contributed by atoms with Crippen molar-refractivity contribution in [3.05, 3.63) is 50.1 Å². The summed E-state index contributed by atoms with van der Waals surface area (Å²) in [6.07, 6.45) is 7.95. The van der Waals surface area contributed by atoms with Crippen LogP contribution in [0.5, 0.6) is 0 Å². The van der Waals surface area contributed by atoms with E-state index in [2.05, 4.69) is 51.4 Å². The number of fused-ring (bicyclic) bond motifs is 2. The normalized spacial score (nSPS) is 23.7. The van der Waals surface area contributed by atoms with E-state index in [9.17, 15) is 0 Å². The third kappa shape index (κ3) is 1.71. The summed E-state index contributed by atoms with van der Waals surface area (Å²) < 4.78 is 6.54. The standard InChI is InChI=1S/C16H14BrNO/c1-10-14-9-16(5-4-15(14)19-18-10)7-11-2-3-13(17)6-12(11)8-16/h2-3,6-8H,4-5,9H2,1H3. The Labute approximate surface area is 119 Å². The Morgan fingerprint density at radius 2 is 2.11 bits per heavy atom. The fraction of sp³-hybridized carbons (Fsp3) is 0.312. The van der Waals surface area contributed by atoms with Gasteiger partial charge in [-0.2, -0.15) is 0 Å². The molecule has 0 saturated heterocycles. The maximum atomic E-state index is 5.40. The van der Waals surface area contributed by atoms with Gasteiger partial charge in [-0.25, -0.2) is 0 Å². The van der Waals surface area contributed by atoms with E-state index >= 15 is 0 Å². The van der Waals surface area contributed by atoms with Crippen molar-refractivity contribution in [2.75, 3.05) is 0 Å². The van der Waals surface area contributed by atoms with E-state index in [4.69, 9.17) is 4.52 Å². The van der Waals surface area contributed by atoms with E-state index in [-0.39, 0.29) is 5.41 Å². The van der Waals surface area contributed by atoms with Crippen molar-refractivity contribution in [3.63, 3.8) is 0 Å². The topological polar surface area (TPSA) is 26.0 Å². The van der Waals surface area contributed by atoms with Crippen LogP contribution < -0.4 is 10.4 Å². The minimum atomic E-state index is 0.159. The molecule has 1 unspecified atom stereocenters. The SMILES string of the molecule is Cc1noc2c1CC1(C=c3ccc(Br)cc3=C1)CC2. The first-order chi connectivity index (χ1) is 9.15. The highest BCUT2D eigenvalue weighted by atomic mass is 79.9. The largest absolute Gasteiger partial charge is 0.361 e. The van der Waals surface area contributed by atoms with Gasteiger partial charge in [0.15, 0.2) is 0 Å². The van der Waals surface area contributed by atoms with E-state index in [1.54, 1.807) is 0 Å². The molecule has 0 amide bonds. The van der Waals surface area contributed by atoms with Crippen molar-refractivity contribution in [2.45, 2.75) is 26.2 Å². The van der Waals surface area contributed by atoms with E-state index in [1.165, 1.54) is 16.0 Å². The van der Waals surface area contributed by atoms with E-state index < -0.39 is 0 Å². The minimum absolute atomic E-state index is 0.159. The summed E-state index contributed by atoms with van der Waals surface area (Å²) in [6.45, 7) is 2.04. The lowest BCUT2D eigenvalue weighted by Gasteiger charge is -2.29. The second-order valence-corrected chi connectivity index (χ2v) is 6.56. The molecule has 1 spiro atoms. The second-order valence-electron chi connectivity index (χ2n) is 5.64. The lowest BCUT2D eigenvalue weighted by Crippen LogP contribution is -2.23. The molecule has 0 saturated carbocycles. The number of hydrogen-bond acceptors (Lipinski definition) is 2. The molecule has 2 aliphatic carbocycles. The predicted molar refractivity (Wildman–Crippen MR) is 78.0 cm³/mol. The minimum Gasteiger partial charge on any atom is -0.361 e. The second kappa shape index (κ2) is 3.83. The first kappa shape index (κ1) is 11.5. The van der Waals surface area contributed by atoms with Gasteiger partial charge in [0.05, 0.1) is 5.69 Å². The average molecular weight is 316 g/mol. The highest BCUT2D eigenvalue weighted by molar-refractivity contribution is 9.10. The van der Waals surface area contributed by atoms with Crippen molar-refractivity contribution in [1.29, 1.82) is 0 Å². The van der Waals surface area contributed by atoms with Crippen molar-refractivity contribution in [1.82, 2.24) is 5.16 Å². The van der Waals surface area contributed by atoms with Crippen molar-refractivity contribution in [3.8, 4) is 0 Å². The predicted octanol–water partition coefficient (Wildman–Crippen LogP) is 2.50. The molecular weight excluding hydrogens is 302 g/mol. The molecule has 1 aromatic heterocycles. The van der Waals surface area contributed by atoms with Gasteiger partial charge >= 0.3 is 0 Å². The van der Waals surface area contributed by atoms with Crippen LogP contribution in [0.1, 0.15) is 23.4 Å². The number of nitrogens with zero attached hydrogens (tertiary/aromatic N) is 1. The molecule has 3 heteroatoms. The van der Waals surface area contributed by atoms with Gasteiger partial charge < -0.3 is 4.52 Å². The van der Waals surface area contributed by atoms with Gasteiger partial charge in [-0.3, -0.25) is 0 Å². The molecule has 1 heterocycles. The molecule has 96 valence electrons. The highest BCUT2D eigenvalue weighted by Crippen LogP contribution is 2.40. The van der Waals surface area contributed by atoms with E-state index in [0.717, 1.165) is 35.2 Å². The zero-order chi connectivity index (χ0) is 13.0. The molecule has 2 aromatic rings.